The van der Waals surface area contributed by atoms with Crippen molar-refractivity contribution in [2.24, 2.45) is 0 Å². The van der Waals surface area contributed by atoms with E-state index in [4.69, 9.17) is 16.7 Å². The summed E-state index contributed by atoms with van der Waals surface area (Å²) >= 11 is 6.05. The van der Waals surface area contributed by atoms with Gasteiger partial charge in [0.25, 0.3) is 5.91 Å². The fraction of sp³-hybridized carbons (Fsp3) is 0.105. The quantitative estimate of drug-likeness (QED) is 0.565. The Hall–Kier alpha value is -3.46. The second-order valence-electron chi connectivity index (χ2n) is 6.01. The fourth-order valence-corrected chi connectivity index (χ4v) is 2.97. The molecule has 0 unspecified atom stereocenters. The molecule has 3 N–H and O–H groups in total. The molecule has 2 aromatic carbocycles. The van der Waals surface area contributed by atoms with Crippen LogP contribution in [0.25, 0.3) is 5.69 Å². The van der Waals surface area contributed by atoms with Crippen molar-refractivity contribution < 1.29 is 28.6 Å². The zero-order valence-corrected chi connectivity index (χ0v) is 15.4. The van der Waals surface area contributed by atoms with Gasteiger partial charge >= 0.3 is 5.97 Å². The highest BCUT2D eigenvalue weighted by molar-refractivity contribution is 6.32. The van der Waals surface area contributed by atoms with E-state index in [0.29, 0.717) is 5.69 Å². The summed E-state index contributed by atoms with van der Waals surface area (Å²) in [6.45, 7) is 0. The van der Waals surface area contributed by atoms with Crippen molar-refractivity contribution in [1.82, 2.24) is 15.1 Å². The standard InChI is InChI=1S/C19H14ClF2N3O4/c20-10-4-1-2-7-15(10)25-16(26)8-14(24-25)19(29)23-13(9-17(27)28)18-11(21)5-3-6-12(18)22/h1-8,13,26H,9H2,(H,23,29)(H,27,28)/t13-/m0/s1. The van der Waals surface area contributed by atoms with Gasteiger partial charge in [-0.05, 0) is 24.3 Å². The van der Waals surface area contributed by atoms with Crippen molar-refractivity contribution in [2.75, 3.05) is 0 Å². The van der Waals surface area contributed by atoms with Crippen LogP contribution in [0, 0.1) is 11.6 Å². The van der Waals surface area contributed by atoms with Gasteiger partial charge in [0, 0.05) is 11.6 Å². The number of hydrogen-bond acceptors (Lipinski definition) is 4. The van der Waals surface area contributed by atoms with Gasteiger partial charge in [0.1, 0.15) is 11.6 Å². The number of rotatable bonds is 6. The molecule has 0 radical (unpaired) electrons. The lowest BCUT2D eigenvalue weighted by atomic mass is 10.0. The third kappa shape index (κ3) is 4.35. The summed E-state index contributed by atoms with van der Waals surface area (Å²) in [5.41, 5.74) is -0.583. The lowest BCUT2D eigenvalue weighted by Crippen LogP contribution is -2.31. The normalized spacial score (nSPS) is 11.8. The molecule has 0 saturated carbocycles. The zero-order chi connectivity index (χ0) is 21.1. The first-order valence-electron chi connectivity index (χ1n) is 8.28. The molecule has 0 saturated heterocycles. The van der Waals surface area contributed by atoms with E-state index in [1.54, 1.807) is 24.3 Å². The third-order valence-corrected chi connectivity index (χ3v) is 4.36. The maximum atomic E-state index is 14.1. The van der Waals surface area contributed by atoms with E-state index in [2.05, 4.69) is 10.4 Å². The molecule has 1 atom stereocenters. The van der Waals surface area contributed by atoms with Crippen LogP contribution < -0.4 is 5.32 Å². The van der Waals surface area contributed by atoms with Gasteiger partial charge < -0.3 is 15.5 Å². The molecule has 1 amide bonds. The summed E-state index contributed by atoms with van der Waals surface area (Å²) in [5.74, 6) is -4.71. The molecule has 29 heavy (non-hydrogen) atoms. The third-order valence-electron chi connectivity index (χ3n) is 4.04. The van der Waals surface area contributed by atoms with Crippen LogP contribution in [-0.2, 0) is 4.79 Å². The summed E-state index contributed by atoms with van der Waals surface area (Å²) in [6, 6.07) is 8.99. The van der Waals surface area contributed by atoms with E-state index in [1.807, 2.05) is 0 Å². The number of hydrogen-bond donors (Lipinski definition) is 3. The number of aromatic nitrogens is 2. The van der Waals surface area contributed by atoms with Crippen LogP contribution in [0.5, 0.6) is 5.88 Å². The molecule has 3 rings (SSSR count). The number of nitrogens with one attached hydrogen (secondary N) is 1. The molecule has 7 nitrogen and oxygen atoms in total. The minimum absolute atomic E-state index is 0.259. The monoisotopic (exact) mass is 421 g/mol. The Kier molecular flexibility index (Phi) is 5.79. The summed E-state index contributed by atoms with van der Waals surface area (Å²) in [7, 11) is 0. The first-order valence-corrected chi connectivity index (χ1v) is 8.66. The van der Waals surface area contributed by atoms with Crippen molar-refractivity contribution in [2.45, 2.75) is 12.5 Å². The van der Waals surface area contributed by atoms with Crippen LogP contribution >= 0.6 is 11.6 Å². The number of aromatic hydroxyl groups is 1. The highest BCUT2D eigenvalue weighted by atomic mass is 35.5. The summed E-state index contributed by atoms with van der Waals surface area (Å²) in [6.07, 6.45) is -0.763. The van der Waals surface area contributed by atoms with E-state index < -0.39 is 47.4 Å². The number of amides is 1. The van der Waals surface area contributed by atoms with Gasteiger partial charge in [-0.15, -0.1) is 0 Å². The van der Waals surface area contributed by atoms with Crippen LogP contribution in [0.15, 0.2) is 48.5 Å². The molecular formula is C19H14ClF2N3O4. The smallest absolute Gasteiger partial charge is 0.305 e. The van der Waals surface area contributed by atoms with Crippen LogP contribution in [0.3, 0.4) is 0 Å². The molecule has 3 aromatic rings. The first kappa shape index (κ1) is 20.3. The minimum Gasteiger partial charge on any atom is -0.493 e. The molecule has 10 heteroatoms. The van der Waals surface area contributed by atoms with Crippen LogP contribution in [-0.4, -0.2) is 31.9 Å². The number of benzene rings is 2. The molecule has 1 aromatic heterocycles. The van der Waals surface area contributed by atoms with E-state index >= 15 is 0 Å². The molecule has 0 aliphatic heterocycles. The maximum Gasteiger partial charge on any atom is 0.305 e. The van der Waals surface area contributed by atoms with Crippen molar-refractivity contribution in [3.8, 4) is 11.6 Å². The number of aliphatic carboxylic acids is 1. The minimum atomic E-state index is -1.49. The number of carbonyl (C=O) groups is 2. The van der Waals surface area contributed by atoms with Crippen LogP contribution in [0.2, 0.25) is 5.02 Å². The molecule has 0 aliphatic carbocycles. The molecule has 0 fully saturated rings. The van der Waals surface area contributed by atoms with Gasteiger partial charge in [0.2, 0.25) is 5.88 Å². The predicted octanol–water partition coefficient (Wildman–Crippen LogP) is 3.46. The van der Waals surface area contributed by atoms with Crippen molar-refractivity contribution >= 4 is 23.5 Å². The predicted molar refractivity (Wildman–Crippen MR) is 99.1 cm³/mol. The molecular weight excluding hydrogens is 408 g/mol. The Morgan fingerprint density at radius 1 is 1.14 bits per heavy atom. The maximum absolute atomic E-state index is 14.1. The second-order valence-corrected chi connectivity index (χ2v) is 6.42. The number of carboxylic acids is 1. The Bertz CT molecular complexity index is 1070. The van der Waals surface area contributed by atoms with E-state index in [-0.39, 0.29) is 10.7 Å². The molecule has 0 spiro atoms. The lowest BCUT2D eigenvalue weighted by molar-refractivity contribution is -0.137. The van der Waals surface area contributed by atoms with E-state index in [0.717, 1.165) is 28.9 Å². The second kappa shape index (κ2) is 8.27. The Morgan fingerprint density at radius 2 is 1.79 bits per heavy atom. The van der Waals surface area contributed by atoms with E-state index in [1.165, 1.54) is 0 Å². The molecule has 0 bridgehead atoms. The topological polar surface area (TPSA) is 104 Å². The number of carboxylic acid groups (broad SMARTS) is 1. The number of nitrogens with zero attached hydrogens (tertiary/aromatic N) is 2. The highest BCUT2D eigenvalue weighted by Gasteiger charge is 2.26. The fourth-order valence-electron chi connectivity index (χ4n) is 2.76. The average molecular weight is 422 g/mol. The summed E-state index contributed by atoms with van der Waals surface area (Å²) < 4.78 is 29.2. The zero-order valence-electron chi connectivity index (χ0n) is 14.6. The van der Waals surface area contributed by atoms with Crippen LogP contribution in [0.1, 0.15) is 28.5 Å². The Balaban J connectivity index is 1.92. The number of halogens is 3. The largest absolute Gasteiger partial charge is 0.493 e. The highest BCUT2D eigenvalue weighted by Crippen LogP contribution is 2.26. The summed E-state index contributed by atoms with van der Waals surface area (Å²) in [4.78, 5) is 23.7. The average Bonchev–Trinajstić information content (AvgIpc) is 3.03. The number of para-hydroxylation sites is 1. The van der Waals surface area contributed by atoms with Gasteiger partial charge in [-0.3, -0.25) is 9.59 Å². The molecule has 1 heterocycles. The lowest BCUT2D eigenvalue weighted by Gasteiger charge is -2.18. The van der Waals surface area contributed by atoms with Gasteiger partial charge in [-0.2, -0.15) is 9.78 Å². The molecule has 0 aliphatic rings. The van der Waals surface area contributed by atoms with Gasteiger partial charge in [-0.25, -0.2) is 8.78 Å². The Morgan fingerprint density at radius 3 is 2.41 bits per heavy atom. The van der Waals surface area contributed by atoms with Gasteiger partial charge in [0.15, 0.2) is 5.69 Å². The van der Waals surface area contributed by atoms with Crippen molar-refractivity contribution in [1.29, 1.82) is 0 Å². The van der Waals surface area contributed by atoms with Crippen molar-refractivity contribution in [3.63, 3.8) is 0 Å². The van der Waals surface area contributed by atoms with Crippen molar-refractivity contribution in [3.05, 3.63) is 76.4 Å². The Labute approximate surface area is 168 Å². The first-order chi connectivity index (χ1) is 13.8. The SMILES string of the molecule is O=C(O)C[C@H](NC(=O)c1cc(O)n(-c2ccccc2Cl)n1)c1c(F)cccc1F. The van der Waals surface area contributed by atoms with Gasteiger partial charge in [0.05, 0.1) is 23.2 Å². The van der Waals surface area contributed by atoms with Crippen LogP contribution in [0.4, 0.5) is 8.78 Å². The van der Waals surface area contributed by atoms with Gasteiger partial charge in [-0.1, -0.05) is 29.8 Å². The summed E-state index contributed by atoms with van der Waals surface area (Å²) in [5, 5.41) is 25.6. The van der Waals surface area contributed by atoms with E-state index in [9.17, 15) is 23.5 Å². The number of carbonyl (C=O) groups excluding carboxylic acids is 1. The molecule has 150 valence electrons.